The Morgan fingerprint density at radius 3 is 2.58 bits per heavy atom. The van der Waals surface area contributed by atoms with Gasteiger partial charge in [-0.15, -0.1) is 0 Å². The summed E-state index contributed by atoms with van der Waals surface area (Å²) in [6.45, 7) is 5.44. The van der Waals surface area contributed by atoms with Gasteiger partial charge in [-0.25, -0.2) is 0 Å². The molecule has 0 N–H and O–H groups in total. The molecule has 0 saturated carbocycles. The van der Waals surface area contributed by atoms with E-state index in [9.17, 15) is 4.79 Å². The molecule has 0 aliphatic carbocycles. The molecule has 2 nitrogen and oxygen atoms in total. The molecule has 0 heterocycles. The zero-order chi connectivity index (χ0) is 8.53. The fourth-order valence-electron chi connectivity index (χ4n) is 1.07. The summed E-state index contributed by atoms with van der Waals surface area (Å²) in [5.41, 5.74) is 0. The van der Waals surface area contributed by atoms with Crippen molar-refractivity contribution in [3.63, 3.8) is 0 Å². The zero-order valence-corrected chi connectivity index (χ0v) is 10.5. The van der Waals surface area contributed by atoms with Gasteiger partial charge in [-0.1, -0.05) is 33.1 Å². The zero-order valence-electron chi connectivity index (χ0n) is 9.51. The molecule has 0 aliphatic rings. The van der Waals surface area contributed by atoms with Crippen molar-refractivity contribution in [3.05, 3.63) is 0 Å². The molecule has 0 fully saturated rings. The first-order valence-electron chi connectivity index (χ1n) is 4.40. The van der Waals surface area contributed by atoms with Crippen LogP contribution in [0.15, 0.2) is 0 Å². The van der Waals surface area contributed by atoms with Gasteiger partial charge in [0, 0.05) is 0 Å². The Morgan fingerprint density at radius 2 is 2.17 bits per heavy atom. The summed E-state index contributed by atoms with van der Waals surface area (Å²) in [5, 5.41) is 0. The molecule has 0 aliphatic heterocycles. The molecule has 0 radical (unpaired) electrons. The van der Waals surface area contributed by atoms with Gasteiger partial charge in [0.05, 0.1) is 6.61 Å². The van der Waals surface area contributed by atoms with Crippen LogP contribution in [0.1, 0.15) is 41.0 Å². The minimum Gasteiger partial charge on any atom is -1.00 e. The number of ether oxygens (including phenoxy) is 1. The second kappa shape index (κ2) is 11.5. The molecule has 1 atom stereocenters. The van der Waals surface area contributed by atoms with Gasteiger partial charge in [-0.2, -0.15) is 0 Å². The largest absolute Gasteiger partial charge is 1.00 e. The van der Waals surface area contributed by atoms with Gasteiger partial charge in [-0.3, -0.25) is 4.79 Å². The Bertz CT molecular complexity index is 102. The van der Waals surface area contributed by atoms with Crippen LogP contribution < -0.4 is 29.6 Å². The van der Waals surface area contributed by atoms with Crippen molar-refractivity contribution in [2.45, 2.75) is 39.5 Å². The SMILES string of the molecule is CCCCC(CC)COC=O.[H-].[Na+]. The Morgan fingerprint density at radius 1 is 1.50 bits per heavy atom. The standard InChI is InChI=1S/C9H18O2.Na.H/c1-3-5-6-9(4-2)7-11-8-10;;/h8-9H,3-7H2,1-2H3;;/q;+1;-1. The molecule has 0 aromatic carbocycles. The maximum Gasteiger partial charge on any atom is 1.00 e. The molecule has 3 heteroatoms. The van der Waals surface area contributed by atoms with E-state index in [0.29, 0.717) is 19.0 Å². The van der Waals surface area contributed by atoms with Gasteiger partial charge in [0.15, 0.2) is 0 Å². The number of carbonyl (C=O) groups excluding carboxylic acids is 1. The fourth-order valence-corrected chi connectivity index (χ4v) is 1.07. The fraction of sp³-hybridized carbons (Fsp3) is 0.889. The average molecular weight is 182 g/mol. The van der Waals surface area contributed by atoms with E-state index in [1.807, 2.05) is 0 Å². The Labute approximate surface area is 98.8 Å². The number of carbonyl (C=O) groups is 1. The normalized spacial score (nSPS) is 11.5. The van der Waals surface area contributed by atoms with Gasteiger partial charge in [0.2, 0.25) is 0 Å². The predicted molar refractivity (Wildman–Crippen MR) is 46.4 cm³/mol. The van der Waals surface area contributed by atoms with Crippen LogP contribution in [0.3, 0.4) is 0 Å². The average Bonchev–Trinajstić information content (AvgIpc) is 2.05. The molecule has 0 rings (SSSR count). The molecule has 0 saturated heterocycles. The number of unbranched alkanes of at least 4 members (excludes halogenated alkanes) is 1. The molecular formula is C9H19NaO2. The van der Waals surface area contributed by atoms with Crippen molar-refractivity contribution in [2.75, 3.05) is 6.61 Å². The van der Waals surface area contributed by atoms with E-state index in [2.05, 4.69) is 13.8 Å². The van der Waals surface area contributed by atoms with Crippen LogP contribution in [0.5, 0.6) is 0 Å². The third-order valence-electron chi connectivity index (χ3n) is 1.94. The van der Waals surface area contributed by atoms with Gasteiger partial charge < -0.3 is 6.16 Å². The van der Waals surface area contributed by atoms with E-state index < -0.39 is 0 Å². The van der Waals surface area contributed by atoms with Crippen molar-refractivity contribution in [1.82, 2.24) is 0 Å². The summed E-state index contributed by atoms with van der Waals surface area (Å²) in [7, 11) is 0. The molecule has 0 aromatic rings. The van der Waals surface area contributed by atoms with Gasteiger partial charge in [0.25, 0.3) is 6.47 Å². The van der Waals surface area contributed by atoms with Crippen LogP contribution in [-0.4, -0.2) is 13.1 Å². The minimum atomic E-state index is 0. The first-order chi connectivity index (χ1) is 5.35. The van der Waals surface area contributed by atoms with E-state index in [0.717, 1.165) is 6.42 Å². The van der Waals surface area contributed by atoms with E-state index in [1.165, 1.54) is 19.3 Å². The van der Waals surface area contributed by atoms with Crippen molar-refractivity contribution >= 4 is 6.47 Å². The van der Waals surface area contributed by atoms with Crippen LogP contribution in [0.25, 0.3) is 0 Å². The number of hydrogen-bond acceptors (Lipinski definition) is 2. The van der Waals surface area contributed by atoms with Gasteiger partial charge >= 0.3 is 29.6 Å². The van der Waals surface area contributed by atoms with Gasteiger partial charge in [0.1, 0.15) is 0 Å². The summed E-state index contributed by atoms with van der Waals surface area (Å²) in [4.78, 5) is 9.88. The van der Waals surface area contributed by atoms with E-state index >= 15 is 0 Å². The van der Waals surface area contributed by atoms with Crippen molar-refractivity contribution in [1.29, 1.82) is 0 Å². The first kappa shape index (κ1) is 15.0. The van der Waals surface area contributed by atoms with E-state index in [1.54, 1.807) is 0 Å². The van der Waals surface area contributed by atoms with Crippen LogP contribution in [0, 0.1) is 5.92 Å². The second-order valence-corrected chi connectivity index (χ2v) is 2.85. The van der Waals surface area contributed by atoms with E-state index in [4.69, 9.17) is 4.74 Å². The van der Waals surface area contributed by atoms with Crippen LogP contribution >= 0.6 is 0 Å². The molecule has 0 spiro atoms. The smallest absolute Gasteiger partial charge is 1.00 e. The third kappa shape index (κ3) is 8.57. The van der Waals surface area contributed by atoms with Crippen LogP contribution in [-0.2, 0) is 9.53 Å². The first-order valence-corrected chi connectivity index (χ1v) is 4.40. The summed E-state index contributed by atoms with van der Waals surface area (Å²) >= 11 is 0. The molecule has 12 heavy (non-hydrogen) atoms. The Hall–Kier alpha value is 0.470. The molecule has 0 bridgehead atoms. The summed E-state index contributed by atoms with van der Waals surface area (Å²) in [6.07, 6.45) is 4.74. The Kier molecular flexibility index (Phi) is 14.3. The minimum absolute atomic E-state index is 0. The maximum absolute atomic E-state index is 9.88. The second-order valence-electron chi connectivity index (χ2n) is 2.85. The molecular weight excluding hydrogens is 163 g/mol. The van der Waals surface area contributed by atoms with Crippen LogP contribution in [0.4, 0.5) is 0 Å². The molecule has 0 amide bonds. The third-order valence-corrected chi connectivity index (χ3v) is 1.94. The quantitative estimate of drug-likeness (QED) is 0.391. The van der Waals surface area contributed by atoms with Crippen molar-refractivity contribution in [3.8, 4) is 0 Å². The number of rotatable bonds is 7. The van der Waals surface area contributed by atoms with Crippen molar-refractivity contribution < 1.29 is 40.5 Å². The summed E-state index contributed by atoms with van der Waals surface area (Å²) in [5.74, 6) is 0.570. The summed E-state index contributed by atoms with van der Waals surface area (Å²) in [6, 6.07) is 0. The summed E-state index contributed by atoms with van der Waals surface area (Å²) < 4.78 is 4.70. The molecule has 68 valence electrons. The maximum atomic E-state index is 9.88. The molecule has 0 aromatic heterocycles. The molecule has 1 unspecified atom stereocenters. The van der Waals surface area contributed by atoms with Gasteiger partial charge in [-0.05, 0) is 12.3 Å². The van der Waals surface area contributed by atoms with Crippen molar-refractivity contribution in [2.24, 2.45) is 5.92 Å². The Balaban J connectivity index is -0.000000500. The van der Waals surface area contributed by atoms with E-state index in [-0.39, 0.29) is 31.0 Å². The van der Waals surface area contributed by atoms with Crippen LogP contribution in [0.2, 0.25) is 0 Å². The monoisotopic (exact) mass is 182 g/mol. The topological polar surface area (TPSA) is 26.3 Å². The predicted octanol–water partition coefficient (Wildman–Crippen LogP) is -0.508. The number of hydrogen-bond donors (Lipinski definition) is 0.